The zero-order chi connectivity index (χ0) is 15.4. The number of rotatable bonds is 5. The Bertz CT molecular complexity index is 634. The van der Waals surface area contributed by atoms with Crippen LogP contribution in [0.5, 0.6) is 5.75 Å². The largest absolute Gasteiger partial charge is 0.487 e. The van der Waals surface area contributed by atoms with Crippen LogP contribution < -0.4 is 10.5 Å². The van der Waals surface area contributed by atoms with Crippen molar-refractivity contribution in [3.8, 4) is 5.75 Å². The number of ether oxygens (including phenoxy) is 1. The maximum atomic E-state index is 13.7. The number of para-hydroxylation sites is 1. The summed E-state index contributed by atoms with van der Waals surface area (Å²) in [5.74, 6) is 0.356. The third-order valence-corrected chi connectivity index (χ3v) is 3.83. The molecule has 0 aromatic heterocycles. The standard InChI is InChI=1S/C16H16BrClFNO/c1-10(20)7-11-3-2-4-14(17)16(11)21-9-12-8-13(18)5-6-15(12)19/h2-6,8,10H,7,9,20H2,1H3. The van der Waals surface area contributed by atoms with Crippen molar-refractivity contribution in [3.05, 3.63) is 62.8 Å². The summed E-state index contributed by atoms with van der Waals surface area (Å²) < 4.78 is 20.3. The Balaban J connectivity index is 2.21. The molecule has 2 nitrogen and oxygen atoms in total. The van der Waals surface area contributed by atoms with Crippen LogP contribution in [0.1, 0.15) is 18.1 Å². The molecule has 0 spiro atoms. The molecule has 2 rings (SSSR count). The first-order valence-corrected chi connectivity index (χ1v) is 7.74. The highest BCUT2D eigenvalue weighted by Gasteiger charge is 2.11. The van der Waals surface area contributed by atoms with Gasteiger partial charge in [-0.25, -0.2) is 4.39 Å². The molecule has 0 saturated heterocycles. The molecular weight excluding hydrogens is 357 g/mol. The lowest BCUT2D eigenvalue weighted by Gasteiger charge is -2.15. The second kappa shape index (κ2) is 7.25. The van der Waals surface area contributed by atoms with Gasteiger partial charge in [-0.05, 0) is 59.1 Å². The van der Waals surface area contributed by atoms with Crippen LogP contribution in [0.15, 0.2) is 40.9 Å². The van der Waals surface area contributed by atoms with Gasteiger partial charge in [0, 0.05) is 16.6 Å². The Morgan fingerprint density at radius 1 is 1.29 bits per heavy atom. The van der Waals surface area contributed by atoms with Gasteiger partial charge in [0.25, 0.3) is 0 Å². The van der Waals surface area contributed by atoms with Gasteiger partial charge in [0.1, 0.15) is 18.2 Å². The van der Waals surface area contributed by atoms with Crippen molar-refractivity contribution in [2.45, 2.75) is 26.0 Å². The summed E-state index contributed by atoms with van der Waals surface area (Å²) in [5.41, 5.74) is 7.26. The molecule has 0 bridgehead atoms. The zero-order valence-electron chi connectivity index (χ0n) is 11.6. The maximum absolute atomic E-state index is 13.7. The Kier molecular flexibility index (Phi) is 5.62. The van der Waals surface area contributed by atoms with Gasteiger partial charge < -0.3 is 10.5 Å². The fourth-order valence-electron chi connectivity index (χ4n) is 2.03. The van der Waals surface area contributed by atoms with Gasteiger partial charge >= 0.3 is 0 Å². The van der Waals surface area contributed by atoms with Gasteiger partial charge in [0.2, 0.25) is 0 Å². The summed E-state index contributed by atoms with van der Waals surface area (Å²) >= 11 is 9.34. The smallest absolute Gasteiger partial charge is 0.137 e. The maximum Gasteiger partial charge on any atom is 0.137 e. The molecule has 0 amide bonds. The fraction of sp³-hybridized carbons (Fsp3) is 0.250. The Morgan fingerprint density at radius 2 is 2.05 bits per heavy atom. The topological polar surface area (TPSA) is 35.2 Å². The number of nitrogens with two attached hydrogens (primary N) is 1. The molecular formula is C16H16BrClFNO. The minimum atomic E-state index is -0.333. The van der Waals surface area contributed by atoms with Crippen molar-refractivity contribution in [2.24, 2.45) is 5.73 Å². The molecule has 1 unspecified atom stereocenters. The van der Waals surface area contributed by atoms with Crippen molar-refractivity contribution in [2.75, 3.05) is 0 Å². The molecule has 0 aliphatic carbocycles. The predicted molar refractivity (Wildman–Crippen MR) is 87.2 cm³/mol. The van der Waals surface area contributed by atoms with E-state index in [9.17, 15) is 4.39 Å². The quantitative estimate of drug-likeness (QED) is 0.825. The summed E-state index contributed by atoms with van der Waals surface area (Å²) in [6.45, 7) is 2.04. The molecule has 0 fully saturated rings. The molecule has 0 aliphatic rings. The molecule has 2 aromatic rings. The van der Waals surface area contributed by atoms with E-state index in [1.54, 1.807) is 6.07 Å². The third kappa shape index (κ3) is 4.43. The number of hydrogen-bond donors (Lipinski definition) is 1. The number of hydrogen-bond acceptors (Lipinski definition) is 2. The number of halogens is 3. The van der Waals surface area contributed by atoms with Crippen LogP contribution >= 0.6 is 27.5 Å². The summed E-state index contributed by atoms with van der Waals surface area (Å²) in [6, 6.07) is 10.2. The second-order valence-corrected chi connectivity index (χ2v) is 6.22. The number of benzene rings is 2. The van der Waals surface area contributed by atoms with Gasteiger partial charge in [-0.15, -0.1) is 0 Å². The van der Waals surface area contributed by atoms with Crippen LogP contribution in [0.2, 0.25) is 5.02 Å². The lowest BCUT2D eigenvalue weighted by atomic mass is 10.1. The summed E-state index contributed by atoms with van der Waals surface area (Å²) in [5, 5.41) is 0.484. The van der Waals surface area contributed by atoms with E-state index in [-0.39, 0.29) is 18.5 Å². The second-order valence-electron chi connectivity index (χ2n) is 4.93. The molecule has 0 aliphatic heterocycles. The summed E-state index contributed by atoms with van der Waals surface area (Å²) in [6.07, 6.45) is 0.687. The van der Waals surface area contributed by atoms with Gasteiger partial charge in [0.15, 0.2) is 0 Å². The van der Waals surface area contributed by atoms with E-state index in [1.165, 1.54) is 12.1 Å². The lowest BCUT2D eigenvalue weighted by Crippen LogP contribution is -2.18. The SMILES string of the molecule is CC(N)Cc1cccc(Br)c1OCc1cc(Cl)ccc1F. The average Bonchev–Trinajstić information content (AvgIpc) is 2.41. The molecule has 1 atom stereocenters. The van der Waals surface area contributed by atoms with Crippen LogP contribution in [-0.4, -0.2) is 6.04 Å². The van der Waals surface area contributed by atoms with Gasteiger partial charge in [-0.2, -0.15) is 0 Å². The van der Waals surface area contributed by atoms with E-state index >= 15 is 0 Å². The van der Waals surface area contributed by atoms with Crippen molar-refractivity contribution >= 4 is 27.5 Å². The van der Waals surface area contributed by atoms with E-state index < -0.39 is 0 Å². The minimum absolute atomic E-state index is 0.0181. The van der Waals surface area contributed by atoms with Crippen molar-refractivity contribution in [1.82, 2.24) is 0 Å². The Hall–Kier alpha value is -1.10. The summed E-state index contributed by atoms with van der Waals surface area (Å²) in [4.78, 5) is 0. The van der Waals surface area contributed by atoms with E-state index in [1.807, 2.05) is 25.1 Å². The molecule has 0 saturated carbocycles. The lowest BCUT2D eigenvalue weighted by molar-refractivity contribution is 0.294. The first kappa shape index (κ1) is 16.3. The van der Waals surface area contributed by atoms with Crippen LogP contribution in [0, 0.1) is 5.82 Å². The van der Waals surface area contributed by atoms with Crippen LogP contribution in [0.25, 0.3) is 0 Å². The normalized spacial score (nSPS) is 12.2. The first-order valence-electron chi connectivity index (χ1n) is 6.57. The zero-order valence-corrected chi connectivity index (χ0v) is 13.9. The summed E-state index contributed by atoms with van der Waals surface area (Å²) in [7, 11) is 0. The molecule has 2 N–H and O–H groups in total. The van der Waals surface area contributed by atoms with E-state index in [2.05, 4.69) is 15.9 Å². The van der Waals surface area contributed by atoms with Gasteiger partial charge in [0.05, 0.1) is 4.47 Å². The van der Waals surface area contributed by atoms with E-state index in [0.717, 1.165) is 10.0 Å². The average molecular weight is 373 g/mol. The Morgan fingerprint density at radius 3 is 2.76 bits per heavy atom. The van der Waals surface area contributed by atoms with Crippen LogP contribution in [-0.2, 0) is 13.0 Å². The van der Waals surface area contributed by atoms with E-state index in [4.69, 9.17) is 22.1 Å². The van der Waals surface area contributed by atoms with Gasteiger partial charge in [-0.3, -0.25) is 0 Å². The molecule has 0 radical (unpaired) electrons. The van der Waals surface area contributed by atoms with Crippen LogP contribution in [0.4, 0.5) is 4.39 Å². The Labute approximate surface area is 137 Å². The predicted octanol–water partition coefficient (Wildman–Crippen LogP) is 4.71. The minimum Gasteiger partial charge on any atom is -0.487 e. The van der Waals surface area contributed by atoms with Gasteiger partial charge in [-0.1, -0.05) is 23.7 Å². The molecule has 5 heteroatoms. The van der Waals surface area contributed by atoms with E-state index in [0.29, 0.717) is 22.8 Å². The highest BCUT2D eigenvalue weighted by molar-refractivity contribution is 9.10. The van der Waals surface area contributed by atoms with Crippen LogP contribution in [0.3, 0.4) is 0 Å². The highest BCUT2D eigenvalue weighted by atomic mass is 79.9. The van der Waals surface area contributed by atoms with Crippen molar-refractivity contribution in [1.29, 1.82) is 0 Å². The highest BCUT2D eigenvalue weighted by Crippen LogP contribution is 2.31. The van der Waals surface area contributed by atoms with Crippen molar-refractivity contribution < 1.29 is 9.13 Å². The first-order chi connectivity index (χ1) is 9.97. The molecule has 112 valence electrons. The monoisotopic (exact) mass is 371 g/mol. The van der Waals surface area contributed by atoms with Crippen molar-refractivity contribution in [3.63, 3.8) is 0 Å². The molecule has 0 heterocycles. The molecule has 2 aromatic carbocycles. The fourth-order valence-corrected chi connectivity index (χ4v) is 2.74. The molecule has 21 heavy (non-hydrogen) atoms. The third-order valence-electron chi connectivity index (χ3n) is 2.97.